The lowest BCUT2D eigenvalue weighted by Gasteiger charge is -2.17. The van der Waals surface area contributed by atoms with Gasteiger partial charge in [-0.05, 0) is 75.2 Å². The van der Waals surface area contributed by atoms with Gasteiger partial charge in [0.05, 0.1) is 106 Å². The molecule has 0 bridgehead atoms. The SMILES string of the molecule is C=C(C)C(=O)OCc1cccc2c1OCCOCCOCCOc1cc(C(=O)C(C)CCCCCCCCC(C)C(=O)c3ccc4c(c3)OCCOCCOCCOc3c(COC(=O)C(=C)C)cccc3OCCOCCOCCO4)ccc1OCCOCCOCCO2. The molecule has 22 heteroatoms. The number of hydrogen-bond donors (Lipinski definition) is 0. The van der Waals surface area contributed by atoms with Crippen molar-refractivity contribution in [3.05, 3.63) is 119 Å². The molecule has 0 fully saturated rings. The molecule has 22 nitrogen and oxygen atoms in total. The van der Waals surface area contributed by atoms with E-state index in [-0.39, 0.29) is 116 Å². The van der Waals surface area contributed by atoms with Crippen LogP contribution in [-0.4, -0.2) is 182 Å². The summed E-state index contributed by atoms with van der Waals surface area (Å²) >= 11 is 0. The molecular weight excluding hydrogens is 1220 g/mol. The average Bonchev–Trinajstić information content (AvgIpc) is 0.920. The van der Waals surface area contributed by atoms with Gasteiger partial charge in [0.25, 0.3) is 0 Å². The fourth-order valence-corrected chi connectivity index (χ4v) is 9.62. The number of carbonyl (C=O) groups excluding carboxylic acids is 4. The molecule has 2 unspecified atom stereocenters. The Labute approximate surface area is 553 Å². The molecular formula is C72H98O22. The van der Waals surface area contributed by atoms with Gasteiger partial charge in [0.15, 0.2) is 57.6 Å². The molecule has 4 aromatic carbocycles. The number of rotatable bonds is 19. The minimum Gasteiger partial charge on any atom is -0.487 e. The summed E-state index contributed by atoms with van der Waals surface area (Å²) in [5, 5.41) is 0. The standard InChI is InChI=1S/C72H98O22/c1-53(2)71(75)93-51-59-17-13-19-63-69(59)91-47-39-83-31-29-81-37-45-89-65-49-57(21-23-61(65)85-41-33-77-25-27-79-35-43-87-63)67(73)55(5)15-11-9-7-8-10-12-16-56(6)68(74)58-22-24-62-66(50-58)90-46-38-82-30-32-84-40-48-92-70-60(52-94-72(76)54(3)4)18-14-20-64(70)88-44-36-80-28-26-78-34-42-86-62/h13-14,17-24,49-50,55-56H,1,3,7-12,15-16,25-48,51-52H2,2,4-6H3. The Balaban J connectivity index is 0.885. The minimum atomic E-state index is -0.503. The number of unbranched alkanes of at least 4 members (excludes halogenated alkanes) is 5. The molecule has 6 rings (SSSR count). The largest absolute Gasteiger partial charge is 0.487 e. The van der Waals surface area contributed by atoms with Crippen molar-refractivity contribution in [2.45, 2.75) is 92.3 Å². The third-order valence-corrected chi connectivity index (χ3v) is 14.8. The quantitative estimate of drug-likeness (QED) is 0.0367. The number of esters is 2. The van der Waals surface area contributed by atoms with Gasteiger partial charge in [-0.25, -0.2) is 9.59 Å². The number of para-hydroxylation sites is 2. The van der Waals surface area contributed by atoms with Gasteiger partial charge in [0.1, 0.15) is 66.1 Å². The second-order valence-corrected chi connectivity index (χ2v) is 22.4. The zero-order valence-corrected chi connectivity index (χ0v) is 55.5. The maximum Gasteiger partial charge on any atom is 0.333 e. The Morgan fingerprint density at radius 1 is 0.351 bits per heavy atom. The highest BCUT2D eigenvalue weighted by molar-refractivity contribution is 5.99. The van der Waals surface area contributed by atoms with Crippen LogP contribution in [0.5, 0.6) is 46.0 Å². The lowest BCUT2D eigenvalue weighted by atomic mass is 9.92. The van der Waals surface area contributed by atoms with E-state index in [0.717, 1.165) is 51.4 Å². The molecule has 2 aliphatic rings. The third kappa shape index (κ3) is 28.7. The summed E-state index contributed by atoms with van der Waals surface area (Å²) in [7, 11) is 0. The third-order valence-electron chi connectivity index (χ3n) is 14.8. The number of ketones is 2. The van der Waals surface area contributed by atoms with Crippen molar-refractivity contribution in [2.24, 2.45) is 11.8 Å². The van der Waals surface area contributed by atoms with Gasteiger partial charge >= 0.3 is 11.9 Å². The van der Waals surface area contributed by atoms with Crippen LogP contribution in [0.3, 0.4) is 0 Å². The van der Waals surface area contributed by atoms with Crippen molar-refractivity contribution in [1.29, 1.82) is 0 Å². The maximum atomic E-state index is 13.8. The van der Waals surface area contributed by atoms with Gasteiger partial charge in [0.2, 0.25) is 0 Å². The predicted octanol–water partition coefficient (Wildman–Crippen LogP) is 11.0. The molecule has 4 aromatic rings. The molecule has 0 aromatic heterocycles. The van der Waals surface area contributed by atoms with E-state index < -0.39 is 11.9 Å². The molecule has 0 amide bonds. The van der Waals surface area contributed by atoms with Crippen molar-refractivity contribution < 1.29 is 104 Å². The Bertz CT molecular complexity index is 2720. The van der Waals surface area contributed by atoms with Gasteiger partial charge in [0, 0.05) is 45.2 Å². The molecule has 2 heterocycles. The van der Waals surface area contributed by atoms with Crippen molar-refractivity contribution in [2.75, 3.05) is 159 Å². The van der Waals surface area contributed by atoms with E-state index in [0.29, 0.717) is 159 Å². The molecule has 0 saturated carbocycles. The minimum absolute atomic E-state index is 0.0192. The molecule has 0 aliphatic carbocycles. The van der Waals surface area contributed by atoms with Crippen LogP contribution in [0.4, 0.5) is 0 Å². The zero-order valence-electron chi connectivity index (χ0n) is 55.5. The van der Waals surface area contributed by atoms with Gasteiger partial charge in [-0.15, -0.1) is 0 Å². The smallest absolute Gasteiger partial charge is 0.333 e. The van der Waals surface area contributed by atoms with Crippen LogP contribution >= 0.6 is 0 Å². The molecule has 2 aliphatic heterocycles. The van der Waals surface area contributed by atoms with Gasteiger partial charge in [-0.3, -0.25) is 9.59 Å². The maximum absolute atomic E-state index is 13.8. The first-order chi connectivity index (χ1) is 45.9. The number of ether oxygens (including phenoxy) is 18. The van der Waals surface area contributed by atoms with Crippen LogP contribution in [0, 0.1) is 11.8 Å². The number of carbonyl (C=O) groups is 4. The van der Waals surface area contributed by atoms with Gasteiger partial charge in [-0.1, -0.05) is 89.8 Å². The lowest BCUT2D eigenvalue weighted by molar-refractivity contribution is -0.141. The van der Waals surface area contributed by atoms with Crippen LogP contribution in [0.25, 0.3) is 0 Å². The summed E-state index contributed by atoms with van der Waals surface area (Å²) in [5.41, 5.74) is 2.95. The predicted molar refractivity (Wildman–Crippen MR) is 349 cm³/mol. The van der Waals surface area contributed by atoms with Crippen LogP contribution in [0.1, 0.15) is 111 Å². The van der Waals surface area contributed by atoms with Crippen molar-refractivity contribution >= 4 is 23.5 Å². The normalized spacial score (nSPS) is 16.9. The van der Waals surface area contributed by atoms with E-state index >= 15 is 0 Å². The van der Waals surface area contributed by atoms with Crippen LogP contribution in [0.2, 0.25) is 0 Å². The summed E-state index contributed by atoms with van der Waals surface area (Å²) in [4.78, 5) is 51.8. The van der Waals surface area contributed by atoms with E-state index in [1.54, 1.807) is 86.6 Å². The highest BCUT2D eigenvalue weighted by atomic mass is 16.6. The molecule has 0 saturated heterocycles. The number of hydrogen-bond acceptors (Lipinski definition) is 22. The summed E-state index contributed by atoms with van der Waals surface area (Å²) in [6, 6.07) is 21.4. The van der Waals surface area contributed by atoms with Crippen molar-refractivity contribution in [3.63, 3.8) is 0 Å². The van der Waals surface area contributed by atoms with Crippen LogP contribution in [0.15, 0.2) is 97.1 Å². The second-order valence-electron chi connectivity index (χ2n) is 22.4. The summed E-state index contributed by atoms with van der Waals surface area (Å²) in [6.07, 6.45) is 7.40. The first-order valence-electron chi connectivity index (χ1n) is 32.8. The van der Waals surface area contributed by atoms with Gasteiger partial charge in [-0.2, -0.15) is 0 Å². The number of fused-ring (bicyclic) bond motifs is 4. The fraction of sp³-hybridized carbons (Fsp3) is 0.556. The van der Waals surface area contributed by atoms with E-state index in [4.69, 9.17) is 85.3 Å². The first-order valence-corrected chi connectivity index (χ1v) is 32.8. The average molecular weight is 1320 g/mol. The van der Waals surface area contributed by atoms with E-state index in [1.807, 2.05) is 13.8 Å². The summed E-state index contributed by atoms with van der Waals surface area (Å²) in [6.45, 7) is 21.1. The van der Waals surface area contributed by atoms with Crippen LogP contribution in [-0.2, 0) is 70.2 Å². The monoisotopic (exact) mass is 1310 g/mol. The zero-order chi connectivity index (χ0) is 66.8. The van der Waals surface area contributed by atoms with E-state index in [2.05, 4.69) is 13.2 Å². The Kier molecular flexibility index (Phi) is 36.4. The van der Waals surface area contributed by atoms with Crippen molar-refractivity contribution in [1.82, 2.24) is 0 Å². The van der Waals surface area contributed by atoms with Gasteiger partial charge < -0.3 is 85.3 Å². The Hall–Kier alpha value is -7.28. The Morgan fingerprint density at radius 2 is 0.628 bits per heavy atom. The highest BCUT2D eigenvalue weighted by Crippen LogP contribution is 2.35. The van der Waals surface area contributed by atoms with E-state index in [1.165, 1.54) is 0 Å². The molecule has 0 radical (unpaired) electrons. The van der Waals surface area contributed by atoms with Crippen LogP contribution < -0.4 is 37.9 Å². The molecule has 94 heavy (non-hydrogen) atoms. The molecule has 518 valence electrons. The lowest BCUT2D eigenvalue weighted by Crippen LogP contribution is -2.16. The second kappa shape index (κ2) is 45.2. The molecule has 2 atom stereocenters. The summed E-state index contributed by atoms with van der Waals surface area (Å²) in [5.74, 6) is 2.42. The highest BCUT2D eigenvalue weighted by Gasteiger charge is 2.22. The fourth-order valence-electron chi connectivity index (χ4n) is 9.62. The first kappa shape index (κ1) is 75.7. The van der Waals surface area contributed by atoms with Crippen molar-refractivity contribution in [3.8, 4) is 46.0 Å². The summed E-state index contributed by atoms with van der Waals surface area (Å²) < 4.78 is 106. The number of Topliss-reactive ketones (excluding diaryl/α,β-unsaturated/α-hetero) is 2. The van der Waals surface area contributed by atoms with E-state index in [9.17, 15) is 19.2 Å². The number of benzene rings is 4. The topological polar surface area (TPSA) is 234 Å². The Morgan fingerprint density at radius 3 is 0.947 bits per heavy atom. The molecule has 0 N–H and O–H groups in total. The molecule has 0 spiro atoms.